The van der Waals surface area contributed by atoms with E-state index in [0.717, 1.165) is 16.9 Å². The summed E-state index contributed by atoms with van der Waals surface area (Å²) in [6, 6.07) is 9.03. The van der Waals surface area contributed by atoms with Gasteiger partial charge in [-0.15, -0.1) is 22.7 Å². The number of carbonyl (C=O) groups excluding carboxylic acids is 1. The van der Waals surface area contributed by atoms with Crippen LogP contribution in [0.15, 0.2) is 46.0 Å². The zero-order chi connectivity index (χ0) is 18.5. The van der Waals surface area contributed by atoms with E-state index in [2.05, 4.69) is 10.3 Å². The van der Waals surface area contributed by atoms with Gasteiger partial charge in [0.1, 0.15) is 10.6 Å². The highest BCUT2D eigenvalue weighted by Gasteiger charge is 2.19. The number of nitrogens with one attached hydrogen (secondary N) is 1. The second-order valence-corrected chi connectivity index (χ2v) is 7.72. The minimum atomic E-state index is -2.57. The van der Waals surface area contributed by atoms with Crippen LogP contribution in [0.2, 0.25) is 0 Å². The summed E-state index contributed by atoms with van der Waals surface area (Å²) in [6.45, 7) is 2.44. The first kappa shape index (κ1) is 18.8. The molecular weight excluding hydrogens is 398 g/mol. The van der Waals surface area contributed by atoms with Crippen molar-refractivity contribution in [2.24, 2.45) is 0 Å². The Morgan fingerprint density at radius 3 is 2.88 bits per heavy atom. The van der Waals surface area contributed by atoms with Gasteiger partial charge in [-0.1, -0.05) is 23.9 Å². The van der Waals surface area contributed by atoms with E-state index in [1.807, 2.05) is 36.6 Å². The number of alkyl halides is 2. The monoisotopic (exact) mass is 412 g/mol. The third-order valence-electron chi connectivity index (χ3n) is 3.24. The lowest BCUT2D eigenvalue weighted by molar-refractivity contribution is 0.102. The molecule has 0 aliphatic heterocycles. The van der Waals surface area contributed by atoms with Gasteiger partial charge in [-0.2, -0.15) is 8.78 Å². The Balaban J connectivity index is 1.77. The first-order valence-corrected chi connectivity index (χ1v) is 10.2. The number of carbonyl (C=O) groups is 1. The van der Waals surface area contributed by atoms with Crippen LogP contribution >= 0.6 is 34.4 Å². The number of anilines is 1. The van der Waals surface area contributed by atoms with Crippen molar-refractivity contribution < 1.29 is 18.3 Å². The van der Waals surface area contributed by atoms with Crippen LogP contribution in [0.4, 0.5) is 13.9 Å². The van der Waals surface area contributed by atoms with Gasteiger partial charge < -0.3 is 4.74 Å². The molecule has 0 saturated heterocycles. The van der Waals surface area contributed by atoms with Crippen LogP contribution < -0.4 is 10.1 Å². The molecule has 0 unspecified atom stereocenters. The number of rotatable bonds is 7. The average molecular weight is 413 g/mol. The minimum Gasteiger partial charge on any atom is -0.493 e. The Hall–Kier alpha value is -1.97. The number of benzene rings is 1. The number of aromatic nitrogens is 1. The lowest BCUT2D eigenvalue weighted by atomic mass is 10.1. The van der Waals surface area contributed by atoms with E-state index in [0.29, 0.717) is 34.9 Å². The van der Waals surface area contributed by atoms with Crippen molar-refractivity contribution in [2.45, 2.75) is 17.6 Å². The SMILES string of the molecule is CCOc1ccccc1-c1csc(NC(=O)c2sccc2SC(F)F)n1. The third kappa shape index (κ3) is 4.40. The molecule has 0 bridgehead atoms. The maximum absolute atomic E-state index is 12.6. The third-order valence-corrected chi connectivity index (χ3v) is 5.81. The summed E-state index contributed by atoms with van der Waals surface area (Å²) in [4.78, 5) is 17.3. The van der Waals surface area contributed by atoms with Crippen LogP contribution in [0, 0.1) is 0 Å². The lowest BCUT2D eigenvalue weighted by Gasteiger charge is -2.07. The molecule has 0 atom stereocenters. The van der Waals surface area contributed by atoms with E-state index < -0.39 is 11.7 Å². The van der Waals surface area contributed by atoms with E-state index >= 15 is 0 Å². The number of para-hydroxylation sites is 1. The van der Waals surface area contributed by atoms with Gasteiger partial charge in [0.2, 0.25) is 0 Å². The summed E-state index contributed by atoms with van der Waals surface area (Å²) in [5, 5.41) is 6.51. The van der Waals surface area contributed by atoms with Crippen LogP contribution in [0.5, 0.6) is 5.75 Å². The van der Waals surface area contributed by atoms with Crippen molar-refractivity contribution in [2.75, 3.05) is 11.9 Å². The minimum absolute atomic E-state index is 0.252. The molecule has 136 valence electrons. The van der Waals surface area contributed by atoms with E-state index in [1.165, 1.54) is 17.4 Å². The number of amides is 1. The molecule has 2 aromatic heterocycles. The molecule has 9 heteroatoms. The molecule has 1 aromatic carbocycles. The van der Waals surface area contributed by atoms with Crippen molar-refractivity contribution in [3.8, 4) is 17.0 Å². The molecule has 2 heterocycles. The molecule has 0 aliphatic carbocycles. The van der Waals surface area contributed by atoms with Crippen LogP contribution in [0.25, 0.3) is 11.3 Å². The molecule has 1 N–H and O–H groups in total. The topological polar surface area (TPSA) is 51.2 Å². The van der Waals surface area contributed by atoms with Crippen molar-refractivity contribution >= 4 is 45.5 Å². The molecule has 0 fully saturated rings. The summed E-state index contributed by atoms with van der Waals surface area (Å²) >= 11 is 2.75. The first-order valence-electron chi connectivity index (χ1n) is 7.60. The lowest BCUT2D eigenvalue weighted by Crippen LogP contribution is -2.11. The molecule has 0 saturated carbocycles. The van der Waals surface area contributed by atoms with Gasteiger partial charge in [0.15, 0.2) is 5.13 Å². The molecule has 0 radical (unpaired) electrons. The Labute approximate surface area is 161 Å². The van der Waals surface area contributed by atoms with Gasteiger partial charge in [0.25, 0.3) is 11.7 Å². The number of ether oxygens (including phenoxy) is 1. The van der Waals surface area contributed by atoms with Crippen molar-refractivity contribution in [1.29, 1.82) is 0 Å². The second-order valence-electron chi connectivity index (χ2n) is 4.91. The van der Waals surface area contributed by atoms with Crippen LogP contribution in [-0.2, 0) is 0 Å². The van der Waals surface area contributed by atoms with Crippen LogP contribution in [-0.4, -0.2) is 23.3 Å². The zero-order valence-electron chi connectivity index (χ0n) is 13.6. The van der Waals surface area contributed by atoms with Crippen molar-refractivity contribution in [3.63, 3.8) is 0 Å². The Bertz CT molecular complexity index is 896. The van der Waals surface area contributed by atoms with Crippen LogP contribution in [0.3, 0.4) is 0 Å². The summed E-state index contributed by atoms with van der Waals surface area (Å²) in [5.41, 5.74) is 1.51. The molecule has 1 amide bonds. The van der Waals surface area contributed by atoms with Gasteiger partial charge >= 0.3 is 0 Å². The number of halogens is 2. The van der Waals surface area contributed by atoms with E-state index in [1.54, 1.807) is 5.38 Å². The van der Waals surface area contributed by atoms with Gasteiger partial charge in [0, 0.05) is 15.8 Å². The van der Waals surface area contributed by atoms with E-state index in [9.17, 15) is 13.6 Å². The Morgan fingerprint density at radius 2 is 2.12 bits per heavy atom. The smallest absolute Gasteiger partial charge is 0.288 e. The fourth-order valence-electron chi connectivity index (χ4n) is 2.22. The fraction of sp³-hybridized carbons (Fsp3) is 0.176. The normalized spacial score (nSPS) is 10.9. The number of hydrogen-bond acceptors (Lipinski definition) is 6. The summed E-state index contributed by atoms with van der Waals surface area (Å²) < 4.78 is 30.7. The van der Waals surface area contributed by atoms with E-state index in [-0.39, 0.29) is 9.77 Å². The summed E-state index contributed by atoms with van der Waals surface area (Å²) in [7, 11) is 0. The Morgan fingerprint density at radius 1 is 1.31 bits per heavy atom. The molecule has 3 aromatic rings. The highest BCUT2D eigenvalue weighted by Crippen LogP contribution is 2.34. The molecule has 4 nitrogen and oxygen atoms in total. The number of thiazole rings is 1. The first-order chi connectivity index (χ1) is 12.6. The molecule has 3 rings (SSSR count). The summed E-state index contributed by atoms with van der Waals surface area (Å²) in [5.74, 6) is -2.30. The van der Waals surface area contributed by atoms with Crippen LogP contribution in [0.1, 0.15) is 16.6 Å². The van der Waals surface area contributed by atoms with Gasteiger partial charge in [-0.05, 0) is 30.5 Å². The molecule has 0 aliphatic rings. The van der Waals surface area contributed by atoms with Crippen molar-refractivity contribution in [3.05, 3.63) is 46.0 Å². The highest BCUT2D eigenvalue weighted by atomic mass is 32.2. The number of thiophene rings is 1. The Kier molecular flexibility index (Phi) is 6.23. The zero-order valence-corrected chi connectivity index (χ0v) is 16.0. The molecular formula is C17H14F2N2O2S3. The van der Waals surface area contributed by atoms with Gasteiger partial charge in [-0.25, -0.2) is 4.98 Å². The average Bonchev–Trinajstić information content (AvgIpc) is 3.24. The fourth-order valence-corrected chi connectivity index (χ4v) is 4.52. The number of thioether (sulfide) groups is 1. The maximum Gasteiger partial charge on any atom is 0.288 e. The van der Waals surface area contributed by atoms with Gasteiger partial charge in [0.05, 0.1) is 12.3 Å². The second kappa shape index (κ2) is 8.61. The van der Waals surface area contributed by atoms with Gasteiger partial charge in [-0.3, -0.25) is 10.1 Å². The molecule has 0 spiro atoms. The van der Waals surface area contributed by atoms with Crippen molar-refractivity contribution in [1.82, 2.24) is 4.98 Å². The largest absolute Gasteiger partial charge is 0.493 e. The molecule has 26 heavy (non-hydrogen) atoms. The van der Waals surface area contributed by atoms with E-state index in [4.69, 9.17) is 4.74 Å². The highest BCUT2D eigenvalue weighted by molar-refractivity contribution is 7.99. The summed E-state index contributed by atoms with van der Waals surface area (Å²) in [6.07, 6.45) is 0. The quantitative estimate of drug-likeness (QED) is 0.496. The predicted octanol–water partition coefficient (Wildman–Crippen LogP) is 5.84. The number of nitrogens with zero attached hydrogens (tertiary/aromatic N) is 1. The predicted molar refractivity (Wildman–Crippen MR) is 103 cm³/mol. The number of hydrogen-bond donors (Lipinski definition) is 1. The maximum atomic E-state index is 12.6. The standard InChI is InChI=1S/C17H14F2N2O2S3/c1-2-23-12-6-4-3-5-10(12)11-9-25-17(20-11)21-15(22)14-13(7-8-24-14)26-16(18)19/h3-9,16H,2H2,1H3,(H,20,21,22).